The maximum Gasteiger partial charge on any atom is 0.336 e. The van der Waals surface area contributed by atoms with Crippen molar-refractivity contribution in [3.63, 3.8) is 0 Å². The zero-order chi connectivity index (χ0) is 13.8. The molecule has 0 atom stereocenters. The Morgan fingerprint density at radius 1 is 1.47 bits per heavy atom. The van der Waals surface area contributed by atoms with Crippen molar-refractivity contribution in [3.8, 4) is 6.07 Å². The van der Waals surface area contributed by atoms with Crippen LogP contribution >= 0.6 is 22.9 Å². The van der Waals surface area contributed by atoms with Crippen LogP contribution in [0.1, 0.15) is 20.8 Å². The van der Waals surface area contributed by atoms with Gasteiger partial charge in [0.25, 0.3) is 0 Å². The van der Waals surface area contributed by atoms with Gasteiger partial charge in [-0.3, -0.25) is 0 Å². The van der Waals surface area contributed by atoms with Gasteiger partial charge in [0.15, 0.2) is 0 Å². The van der Waals surface area contributed by atoms with E-state index in [0.29, 0.717) is 17.1 Å². The van der Waals surface area contributed by atoms with Crippen LogP contribution in [0.25, 0.3) is 0 Å². The summed E-state index contributed by atoms with van der Waals surface area (Å²) in [5.74, 6) is -0.930. The lowest BCUT2D eigenvalue weighted by Crippen LogP contribution is -1.98. The number of nitrogens with one attached hydrogen (secondary N) is 1. The van der Waals surface area contributed by atoms with E-state index in [9.17, 15) is 4.79 Å². The largest absolute Gasteiger partial charge is 0.478 e. The molecule has 0 aliphatic rings. The number of hydrogen-bond donors (Lipinski definition) is 2. The van der Waals surface area contributed by atoms with Gasteiger partial charge in [-0.25, -0.2) is 4.79 Å². The number of halogens is 1. The first-order valence-electron chi connectivity index (χ1n) is 5.34. The summed E-state index contributed by atoms with van der Waals surface area (Å²) >= 11 is 7.21. The molecule has 19 heavy (non-hydrogen) atoms. The van der Waals surface area contributed by atoms with Crippen molar-refractivity contribution in [3.05, 3.63) is 50.7 Å². The second kappa shape index (κ2) is 5.74. The lowest BCUT2D eigenvalue weighted by Gasteiger charge is -2.05. The normalized spacial score (nSPS) is 9.89. The molecule has 4 nitrogen and oxygen atoms in total. The molecule has 0 spiro atoms. The molecule has 1 heterocycles. The maximum atomic E-state index is 10.7. The van der Waals surface area contributed by atoms with Gasteiger partial charge >= 0.3 is 5.97 Å². The molecular formula is C13H9ClN2O2S. The summed E-state index contributed by atoms with van der Waals surface area (Å²) in [5.41, 5.74) is 1.46. The van der Waals surface area contributed by atoms with E-state index in [0.717, 1.165) is 10.6 Å². The fraction of sp³-hybridized carbons (Fsp3) is 0.0769. The second-order valence-electron chi connectivity index (χ2n) is 3.77. The number of carbonyl (C=O) groups is 1. The van der Waals surface area contributed by atoms with Crippen molar-refractivity contribution < 1.29 is 9.90 Å². The zero-order valence-electron chi connectivity index (χ0n) is 9.68. The fourth-order valence-electron chi connectivity index (χ4n) is 1.50. The molecule has 0 amide bonds. The number of anilines is 1. The van der Waals surface area contributed by atoms with Gasteiger partial charge in [-0.15, -0.1) is 11.3 Å². The fourth-order valence-corrected chi connectivity index (χ4v) is 2.45. The summed E-state index contributed by atoms with van der Waals surface area (Å²) < 4.78 is 0. The number of carboxylic acids is 1. The average molecular weight is 293 g/mol. The number of aromatic carboxylic acids is 1. The first-order chi connectivity index (χ1) is 9.10. The van der Waals surface area contributed by atoms with E-state index in [-0.39, 0.29) is 5.56 Å². The number of rotatable bonds is 4. The van der Waals surface area contributed by atoms with Crippen LogP contribution in [0.5, 0.6) is 0 Å². The minimum Gasteiger partial charge on any atom is -0.478 e. The van der Waals surface area contributed by atoms with Gasteiger partial charge in [-0.1, -0.05) is 11.6 Å². The van der Waals surface area contributed by atoms with E-state index in [4.69, 9.17) is 22.0 Å². The van der Waals surface area contributed by atoms with Gasteiger partial charge in [0.2, 0.25) is 0 Å². The van der Waals surface area contributed by atoms with Gasteiger partial charge in [-0.05, 0) is 24.3 Å². The molecule has 0 aliphatic heterocycles. The second-order valence-corrected chi connectivity index (χ2v) is 5.17. The summed E-state index contributed by atoms with van der Waals surface area (Å²) in [6, 6.07) is 8.72. The monoisotopic (exact) mass is 292 g/mol. The third-order valence-electron chi connectivity index (χ3n) is 2.45. The Labute approximate surface area is 118 Å². The SMILES string of the molecule is N#Cc1cc(NCc2cc(C(=O)O)cs2)ccc1Cl. The van der Waals surface area contributed by atoms with E-state index in [1.54, 1.807) is 29.6 Å². The molecule has 0 bridgehead atoms. The molecule has 0 aliphatic carbocycles. The Hall–Kier alpha value is -2.03. The number of nitriles is 1. The standard InChI is InChI=1S/C13H9ClN2O2S/c14-12-2-1-10(3-8(12)5-15)16-6-11-4-9(7-19-11)13(17)18/h1-4,7,16H,6H2,(H,17,18). The van der Waals surface area contributed by atoms with Crippen molar-refractivity contribution in [2.24, 2.45) is 0 Å². The van der Waals surface area contributed by atoms with Crippen LogP contribution in [-0.4, -0.2) is 11.1 Å². The summed E-state index contributed by atoms with van der Waals surface area (Å²) in [4.78, 5) is 11.7. The molecule has 6 heteroatoms. The van der Waals surface area contributed by atoms with Crippen LogP contribution in [0.4, 0.5) is 5.69 Å². The van der Waals surface area contributed by atoms with Crippen LogP contribution in [0.15, 0.2) is 29.6 Å². The highest BCUT2D eigenvalue weighted by molar-refractivity contribution is 7.10. The Kier molecular flexibility index (Phi) is 4.05. The molecule has 1 aromatic carbocycles. The van der Waals surface area contributed by atoms with Gasteiger partial charge in [-0.2, -0.15) is 5.26 Å². The topological polar surface area (TPSA) is 73.1 Å². The molecule has 2 N–H and O–H groups in total. The molecule has 0 saturated heterocycles. The summed E-state index contributed by atoms with van der Waals surface area (Å²) in [6.45, 7) is 0.504. The van der Waals surface area contributed by atoms with Gasteiger partial charge in [0, 0.05) is 22.5 Å². The van der Waals surface area contributed by atoms with Crippen molar-refractivity contribution in [1.29, 1.82) is 5.26 Å². The summed E-state index contributed by atoms with van der Waals surface area (Å²) in [7, 11) is 0. The molecule has 0 saturated carbocycles. The van der Waals surface area contributed by atoms with Gasteiger partial charge in [0.05, 0.1) is 16.1 Å². The Morgan fingerprint density at radius 3 is 2.89 bits per heavy atom. The van der Waals surface area contributed by atoms with Crippen molar-refractivity contribution >= 4 is 34.6 Å². The van der Waals surface area contributed by atoms with E-state index >= 15 is 0 Å². The number of nitrogens with zero attached hydrogens (tertiary/aromatic N) is 1. The van der Waals surface area contributed by atoms with E-state index in [2.05, 4.69) is 5.32 Å². The number of carboxylic acid groups (broad SMARTS) is 1. The van der Waals surface area contributed by atoms with E-state index < -0.39 is 5.97 Å². The average Bonchev–Trinajstić information content (AvgIpc) is 2.87. The Bertz CT molecular complexity index is 661. The third kappa shape index (κ3) is 3.25. The van der Waals surface area contributed by atoms with Crippen LogP contribution in [0.2, 0.25) is 5.02 Å². The highest BCUT2D eigenvalue weighted by Gasteiger charge is 2.06. The van der Waals surface area contributed by atoms with Crippen LogP contribution in [-0.2, 0) is 6.54 Å². The Morgan fingerprint density at radius 2 is 2.26 bits per heavy atom. The lowest BCUT2D eigenvalue weighted by atomic mass is 10.2. The Balaban J connectivity index is 2.06. The first kappa shape index (κ1) is 13.4. The first-order valence-corrected chi connectivity index (χ1v) is 6.60. The van der Waals surface area contributed by atoms with Gasteiger partial charge in [0.1, 0.15) is 6.07 Å². The van der Waals surface area contributed by atoms with E-state index in [1.165, 1.54) is 11.3 Å². The molecule has 96 valence electrons. The molecule has 1 aromatic heterocycles. The number of benzene rings is 1. The zero-order valence-corrected chi connectivity index (χ0v) is 11.3. The van der Waals surface area contributed by atoms with Crippen LogP contribution in [0, 0.1) is 11.3 Å². The van der Waals surface area contributed by atoms with Crippen molar-refractivity contribution in [1.82, 2.24) is 0 Å². The highest BCUT2D eigenvalue weighted by Crippen LogP contribution is 2.21. The maximum absolute atomic E-state index is 10.7. The minimum atomic E-state index is -0.930. The molecule has 2 rings (SSSR count). The van der Waals surface area contributed by atoms with Crippen LogP contribution < -0.4 is 5.32 Å². The minimum absolute atomic E-state index is 0.288. The predicted molar refractivity (Wildman–Crippen MR) is 74.8 cm³/mol. The predicted octanol–water partition coefficient (Wildman–Crippen LogP) is 3.58. The van der Waals surface area contributed by atoms with Gasteiger partial charge < -0.3 is 10.4 Å². The number of thiophene rings is 1. The molecule has 0 radical (unpaired) electrons. The van der Waals surface area contributed by atoms with Crippen LogP contribution in [0.3, 0.4) is 0 Å². The lowest BCUT2D eigenvalue weighted by molar-refractivity contribution is 0.0697. The molecule has 0 fully saturated rings. The number of hydrogen-bond acceptors (Lipinski definition) is 4. The summed E-state index contributed by atoms with van der Waals surface area (Å²) in [5, 5.41) is 22.8. The van der Waals surface area contributed by atoms with E-state index in [1.807, 2.05) is 6.07 Å². The smallest absolute Gasteiger partial charge is 0.336 e. The highest BCUT2D eigenvalue weighted by atomic mass is 35.5. The molecule has 0 unspecified atom stereocenters. The van der Waals surface area contributed by atoms with Crippen molar-refractivity contribution in [2.75, 3.05) is 5.32 Å². The molecular weight excluding hydrogens is 284 g/mol. The molecule has 2 aromatic rings. The summed E-state index contributed by atoms with van der Waals surface area (Å²) in [6.07, 6.45) is 0. The quantitative estimate of drug-likeness (QED) is 0.903. The third-order valence-corrected chi connectivity index (χ3v) is 3.72. The van der Waals surface area contributed by atoms with Crippen molar-refractivity contribution in [2.45, 2.75) is 6.54 Å².